The predicted molar refractivity (Wildman–Crippen MR) is 162 cm³/mol. The zero-order chi connectivity index (χ0) is 29.8. The third-order valence-corrected chi connectivity index (χ3v) is 7.29. The molecule has 1 aromatic heterocycles. The first-order chi connectivity index (χ1) is 20.1. The minimum Gasteiger partial charge on any atom is -0.338 e. The van der Waals surface area contributed by atoms with E-state index in [9.17, 15) is 9.59 Å². The van der Waals surface area contributed by atoms with E-state index in [1.165, 1.54) is 0 Å². The molecular weight excluding hydrogens is 536 g/mol. The summed E-state index contributed by atoms with van der Waals surface area (Å²) in [5, 5.41) is 4.19. The van der Waals surface area contributed by atoms with Crippen molar-refractivity contribution in [3.05, 3.63) is 60.2 Å². The normalized spacial score (nSPS) is 22.5. The van der Waals surface area contributed by atoms with E-state index in [0.717, 1.165) is 17.9 Å². The van der Waals surface area contributed by atoms with E-state index in [1.807, 2.05) is 15.9 Å². The van der Waals surface area contributed by atoms with Crippen molar-refractivity contribution in [1.29, 1.82) is 0 Å². The molecule has 1 amide bonds. The molecule has 0 radical (unpaired) electrons. The summed E-state index contributed by atoms with van der Waals surface area (Å²) in [5.74, 6) is 6.27. The van der Waals surface area contributed by atoms with Gasteiger partial charge in [-0.25, -0.2) is 10.9 Å². The van der Waals surface area contributed by atoms with Crippen molar-refractivity contribution in [3.63, 3.8) is 0 Å². The number of amides is 1. The van der Waals surface area contributed by atoms with E-state index in [-0.39, 0.29) is 36.4 Å². The molecule has 2 aliphatic heterocycles. The third kappa shape index (κ3) is 7.16. The van der Waals surface area contributed by atoms with E-state index in [1.54, 1.807) is 48.5 Å². The van der Waals surface area contributed by atoms with Crippen molar-refractivity contribution < 1.29 is 9.59 Å². The molecule has 14 nitrogen and oxygen atoms in total. The number of anilines is 5. The molecule has 4 unspecified atom stereocenters. The van der Waals surface area contributed by atoms with E-state index < -0.39 is 5.91 Å². The summed E-state index contributed by atoms with van der Waals surface area (Å²) >= 11 is 0. The van der Waals surface area contributed by atoms with Crippen LogP contribution in [0, 0.1) is 0 Å². The van der Waals surface area contributed by atoms with Crippen molar-refractivity contribution >= 4 is 40.9 Å². The van der Waals surface area contributed by atoms with Gasteiger partial charge in [0.05, 0.1) is 12.1 Å². The molecule has 2 fully saturated rings. The minimum absolute atomic E-state index is 0.0989. The average molecular weight is 575 g/mol. The standard InChI is InChI=1S/C28H38N12O2/c29-18-10-19(30)14-38(13-18)27-35-26(36-28(37-27)39-15-20(31)11-21(32)16-39)34-22-8-6-17(7-9-22)24(41)12-25(42)40(33)23-4-2-1-3-5-23/h1-9,18-21H,10-16,29-33H2,(H,34,35,36,37). The minimum atomic E-state index is -0.507. The fourth-order valence-corrected chi connectivity index (χ4v) is 5.30. The van der Waals surface area contributed by atoms with Crippen molar-refractivity contribution in [2.24, 2.45) is 28.8 Å². The predicted octanol–water partition coefficient (Wildman–Crippen LogP) is -0.176. The monoisotopic (exact) mass is 574 g/mol. The molecule has 3 aromatic rings. The highest BCUT2D eigenvalue weighted by Gasteiger charge is 2.29. The van der Waals surface area contributed by atoms with Crippen molar-refractivity contribution in [1.82, 2.24) is 15.0 Å². The molecular formula is C28H38N12O2. The summed E-state index contributed by atoms with van der Waals surface area (Å²) in [6.45, 7) is 2.26. The molecule has 0 aliphatic carbocycles. The Hall–Kier alpha value is -4.21. The summed E-state index contributed by atoms with van der Waals surface area (Å²) in [5.41, 5.74) is 26.5. The van der Waals surface area contributed by atoms with Gasteiger partial charge in [-0.15, -0.1) is 0 Å². The number of nitrogens with one attached hydrogen (secondary N) is 1. The highest BCUT2D eigenvalue weighted by atomic mass is 16.2. The second-order valence-corrected chi connectivity index (χ2v) is 11.0. The van der Waals surface area contributed by atoms with Crippen LogP contribution in [0.5, 0.6) is 0 Å². The number of nitrogens with two attached hydrogens (primary N) is 5. The van der Waals surface area contributed by atoms with Gasteiger partial charge in [0.2, 0.25) is 23.8 Å². The largest absolute Gasteiger partial charge is 0.338 e. The number of hydrazine groups is 1. The Balaban J connectivity index is 1.32. The van der Waals surface area contributed by atoms with Gasteiger partial charge in [-0.3, -0.25) is 9.59 Å². The molecule has 4 atom stereocenters. The van der Waals surface area contributed by atoms with Crippen molar-refractivity contribution in [2.75, 3.05) is 46.3 Å². The fraction of sp³-hybridized carbons (Fsp3) is 0.393. The molecule has 3 heterocycles. The first kappa shape index (κ1) is 29.3. The summed E-state index contributed by atoms with van der Waals surface area (Å²) in [4.78, 5) is 43.3. The van der Waals surface area contributed by atoms with Crippen LogP contribution in [0.4, 0.5) is 29.2 Å². The topological polar surface area (TPSA) is 225 Å². The zero-order valence-corrected chi connectivity index (χ0v) is 23.3. The van der Waals surface area contributed by atoms with Gasteiger partial charge in [-0.05, 0) is 49.2 Å². The Labute approximate surface area is 244 Å². The number of carbonyl (C=O) groups excluding carboxylic acids is 2. The zero-order valence-electron chi connectivity index (χ0n) is 23.3. The number of Topliss-reactive ketones (excluding diaryl/α,β-unsaturated/α-hetero) is 1. The number of hydrogen-bond acceptors (Lipinski definition) is 13. The lowest BCUT2D eigenvalue weighted by Crippen LogP contribution is -2.54. The molecule has 0 bridgehead atoms. The van der Waals surface area contributed by atoms with E-state index in [4.69, 9.17) is 33.8 Å². The van der Waals surface area contributed by atoms with E-state index in [0.29, 0.717) is 61.0 Å². The van der Waals surface area contributed by atoms with Crippen LogP contribution in [0.25, 0.3) is 0 Å². The number of piperidine rings is 2. The van der Waals surface area contributed by atoms with Crippen LogP contribution in [-0.4, -0.2) is 77.0 Å². The Morgan fingerprint density at radius 2 is 1.26 bits per heavy atom. The van der Waals surface area contributed by atoms with Crippen LogP contribution in [0.3, 0.4) is 0 Å². The number of benzene rings is 2. The van der Waals surface area contributed by atoms with Gasteiger partial charge in [-0.2, -0.15) is 15.0 Å². The lowest BCUT2D eigenvalue weighted by atomic mass is 10.0. The Bertz CT molecular complexity index is 1330. The second kappa shape index (κ2) is 12.8. The van der Waals surface area contributed by atoms with Gasteiger partial charge in [0.25, 0.3) is 0 Å². The van der Waals surface area contributed by atoms with Crippen molar-refractivity contribution in [2.45, 2.75) is 43.4 Å². The van der Waals surface area contributed by atoms with Gasteiger partial charge in [0, 0.05) is 61.6 Å². The fourth-order valence-electron chi connectivity index (χ4n) is 5.30. The lowest BCUT2D eigenvalue weighted by molar-refractivity contribution is -0.117. The second-order valence-electron chi connectivity index (χ2n) is 11.0. The highest BCUT2D eigenvalue weighted by Crippen LogP contribution is 2.24. The number of carbonyl (C=O) groups is 2. The maximum absolute atomic E-state index is 12.8. The Morgan fingerprint density at radius 3 is 1.76 bits per heavy atom. The molecule has 14 heteroatoms. The molecule has 0 saturated carbocycles. The Kier molecular flexibility index (Phi) is 8.89. The third-order valence-electron chi connectivity index (χ3n) is 7.29. The van der Waals surface area contributed by atoms with Crippen LogP contribution in [0.15, 0.2) is 54.6 Å². The maximum atomic E-state index is 12.8. The van der Waals surface area contributed by atoms with Crippen LogP contribution in [0.1, 0.15) is 29.6 Å². The number of aromatic nitrogens is 3. The number of nitrogens with zero attached hydrogens (tertiary/aromatic N) is 6. The summed E-state index contributed by atoms with van der Waals surface area (Å²) < 4.78 is 0. The number of hydrogen-bond donors (Lipinski definition) is 6. The van der Waals surface area contributed by atoms with Crippen molar-refractivity contribution in [3.8, 4) is 0 Å². The molecule has 2 aromatic carbocycles. The van der Waals surface area contributed by atoms with Crippen LogP contribution >= 0.6 is 0 Å². The molecule has 222 valence electrons. The average Bonchev–Trinajstić information content (AvgIpc) is 2.96. The number of ketones is 1. The summed E-state index contributed by atoms with van der Waals surface area (Å²) in [6, 6.07) is 15.1. The maximum Gasteiger partial charge on any atom is 0.248 e. The smallest absolute Gasteiger partial charge is 0.248 e. The molecule has 2 aliphatic rings. The van der Waals surface area contributed by atoms with E-state index >= 15 is 0 Å². The Morgan fingerprint density at radius 1 is 0.762 bits per heavy atom. The van der Waals surface area contributed by atoms with Crippen LogP contribution < -0.4 is 48.9 Å². The van der Waals surface area contributed by atoms with Gasteiger partial charge < -0.3 is 38.1 Å². The first-order valence-electron chi connectivity index (χ1n) is 14.0. The molecule has 11 N–H and O–H groups in total. The lowest BCUT2D eigenvalue weighted by Gasteiger charge is -2.37. The molecule has 0 spiro atoms. The molecule has 2 saturated heterocycles. The SMILES string of the molecule is NC1CC(N)CN(c2nc(Nc3ccc(C(=O)CC(=O)N(N)c4ccccc4)cc3)nc(N3CC(N)CC(N)C3)n2)C1. The van der Waals surface area contributed by atoms with Gasteiger partial charge >= 0.3 is 0 Å². The quantitative estimate of drug-likeness (QED) is 0.0676. The molecule has 42 heavy (non-hydrogen) atoms. The molecule has 5 rings (SSSR count). The summed E-state index contributed by atoms with van der Waals surface area (Å²) in [6.07, 6.45) is 1.09. The number of rotatable bonds is 8. The van der Waals surface area contributed by atoms with Gasteiger partial charge in [0.15, 0.2) is 5.78 Å². The van der Waals surface area contributed by atoms with Crippen LogP contribution in [-0.2, 0) is 4.79 Å². The van der Waals surface area contributed by atoms with Gasteiger partial charge in [0.1, 0.15) is 0 Å². The number of para-hydroxylation sites is 1. The van der Waals surface area contributed by atoms with Gasteiger partial charge in [-0.1, -0.05) is 18.2 Å². The van der Waals surface area contributed by atoms with Crippen LogP contribution in [0.2, 0.25) is 0 Å². The highest BCUT2D eigenvalue weighted by molar-refractivity contribution is 6.11. The summed E-state index contributed by atoms with van der Waals surface area (Å²) in [7, 11) is 0. The first-order valence-corrected chi connectivity index (χ1v) is 14.0. The van der Waals surface area contributed by atoms with E-state index in [2.05, 4.69) is 15.3 Å².